The molecule has 0 saturated heterocycles. The fourth-order valence-corrected chi connectivity index (χ4v) is 10.1. The molecule has 0 fully saturated rings. The first kappa shape index (κ1) is 77.2. The number of esters is 2. The van der Waals surface area contributed by atoms with E-state index in [4.69, 9.17) is 18.5 Å². The third kappa shape index (κ3) is 64.4. The number of hydrogen-bond acceptors (Lipinski definition) is 8. The van der Waals surface area contributed by atoms with Gasteiger partial charge in [-0.05, 0) is 70.6 Å². The van der Waals surface area contributed by atoms with E-state index in [-0.39, 0.29) is 32.0 Å². The van der Waals surface area contributed by atoms with Crippen LogP contribution in [0.5, 0.6) is 0 Å². The number of unbranched alkanes of at least 4 members (excludes halogenated alkanes) is 33. The van der Waals surface area contributed by atoms with Crippen LogP contribution in [0.3, 0.4) is 0 Å². The summed E-state index contributed by atoms with van der Waals surface area (Å²) in [6, 6.07) is 0. The summed E-state index contributed by atoms with van der Waals surface area (Å²) in [7, 11) is 1.18. The Labute approximate surface area is 494 Å². The van der Waals surface area contributed by atoms with E-state index in [1.54, 1.807) is 0 Å². The van der Waals surface area contributed by atoms with E-state index in [0.717, 1.165) is 83.5 Å². The van der Waals surface area contributed by atoms with Gasteiger partial charge in [0.25, 0.3) is 7.82 Å². The molecule has 0 spiro atoms. The predicted octanol–water partition coefficient (Wildman–Crippen LogP) is 20.7. The lowest BCUT2D eigenvalue weighted by molar-refractivity contribution is -0.870. The number of nitrogens with zero attached hydrogens (tertiary/aromatic N) is 1. The first-order chi connectivity index (χ1) is 39.0. The Morgan fingerprint density at radius 2 is 0.713 bits per heavy atom. The average Bonchev–Trinajstić information content (AvgIpc) is 3.42. The number of rotatable bonds is 61. The topological polar surface area (TPSA) is 111 Å². The minimum Gasteiger partial charge on any atom is -0.756 e. The zero-order chi connectivity index (χ0) is 58.4. The van der Waals surface area contributed by atoms with Crippen molar-refractivity contribution in [2.24, 2.45) is 0 Å². The van der Waals surface area contributed by atoms with Gasteiger partial charge in [0.15, 0.2) is 6.10 Å². The first-order valence-corrected chi connectivity index (χ1v) is 34.8. The number of quaternary nitrogens is 1. The quantitative estimate of drug-likeness (QED) is 0.0195. The highest BCUT2D eigenvalue weighted by Gasteiger charge is 2.22. The summed E-state index contributed by atoms with van der Waals surface area (Å²) < 4.78 is 34.2. The molecule has 0 amide bonds. The number of ether oxygens (including phenoxy) is 2. The summed E-state index contributed by atoms with van der Waals surface area (Å²) in [6.45, 7) is 4.16. The molecule has 0 aromatic carbocycles. The van der Waals surface area contributed by atoms with Crippen LogP contribution in [0.1, 0.15) is 296 Å². The van der Waals surface area contributed by atoms with Crippen molar-refractivity contribution in [1.82, 2.24) is 0 Å². The van der Waals surface area contributed by atoms with E-state index < -0.39 is 26.5 Å². The Morgan fingerprint density at radius 3 is 1.06 bits per heavy atom. The van der Waals surface area contributed by atoms with Crippen molar-refractivity contribution < 1.29 is 42.1 Å². The largest absolute Gasteiger partial charge is 0.756 e. The van der Waals surface area contributed by atoms with Crippen LogP contribution in [0, 0.1) is 0 Å². The van der Waals surface area contributed by atoms with Crippen LogP contribution in [-0.4, -0.2) is 70.0 Å². The van der Waals surface area contributed by atoms with Crippen molar-refractivity contribution >= 4 is 19.8 Å². The van der Waals surface area contributed by atoms with Crippen molar-refractivity contribution in [2.45, 2.75) is 302 Å². The molecule has 0 rings (SSSR count). The van der Waals surface area contributed by atoms with Gasteiger partial charge >= 0.3 is 11.9 Å². The van der Waals surface area contributed by atoms with Gasteiger partial charge in [-0.1, -0.05) is 298 Å². The van der Waals surface area contributed by atoms with E-state index >= 15 is 0 Å². The van der Waals surface area contributed by atoms with Crippen molar-refractivity contribution in [1.29, 1.82) is 0 Å². The number of hydrogen-bond donors (Lipinski definition) is 0. The number of allylic oxidation sites excluding steroid dienone is 14. The van der Waals surface area contributed by atoms with Gasteiger partial charge in [-0.15, -0.1) is 0 Å². The molecule has 0 bridgehead atoms. The molecule has 80 heavy (non-hydrogen) atoms. The average molecular weight is 1140 g/mol. The summed E-state index contributed by atoms with van der Waals surface area (Å²) in [5.74, 6) is -0.820. The van der Waals surface area contributed by atoms with Crippen molar-refractivity contribution in [3.8, 4) is 0 Å². The van der Waals surface area contributed by atoms with Crippen LogP contribution in [0.2, 0.25) is 0 Å². The highest BCUT2D eigenvalue weighted by molar-refractivity contribution is 7.45. The molecule has 0 aromatic heterocycles. The highest BCUT2D eigenvalue weighted by atomic mass is 31.2. The third-order valence-electron chi connectivity index (χ3n) is 14.4. The van der Waals surface area contributed by atoms with Crippen LogP contribution >= 0.6 is 7.82 Å². The highest BCUT2D eigenvalue weighted by Crippen LogP contribution is 2.38. The SMILES string of the molecule is CC/C=C\C/C=C\C/C=C\C/C=C\C/C=C\C/C=C\C/C=C\CCCCCCCCCCCCCCCCCCCCCC(=O)OC(COC(=O)CCCCCCCCCCCCCCCCC)COP(=O)([O-])OCC[N+](C)(C)C. The van der Waals surface area contributed by atoms with Crippen LogP contribution in [0.25, 0.3) is 0 Å². The molecule has 0 aliphatic heterocycles. The summed E-state index contributed by atoms with van der Waals surface area (Å²) in [4.78, 5) is 37.9. The summed E-state index contributed by atoms with van der Waals surface area (Å²) in [5.41, 5.74) is 0. The smallest absolute Gasteiger partial charge is 0.306 e. The maximum absolute atomic E-state index is 12.8. The second-order valence-electron chi connectivity index (χ2n) is 23.5. The minimum absolute atomic E-state index is 0.0298. The fourth-order valence-electron chi connectivity index (χ4n) is 9.35. The zero-order valence-electron chi connectivity index (χ0n) is 52.8. The molecular weight excluding hydrogens is 1010 g/mol. The van der Waals surface area contributed by atoms with Gasteiger partial charge in [0, 0.05) is 12.8 Å². The summed E-state index contributed by atoms with van der Waals surface area (Å²) in [6.07, 6.45) is 82.3. The van der Waals surface area contributed by atoms with E-state index in [1.807, 2.05) is 21.1 Å². The first-order valence-electron chi connectivity index (χ1n) is 33.3. The molecule has 0 heterocycles. The zero-order valence-corrected chi connectivity index (χ0v) is 53.7. The van der Waals surface area contributed by atoms with E-state index in [1.165, 1.54) is 180 Å². The Kier molecular flexibility index (Phi) is 58.6. The van der Waals surface area contributed by atoms with Gasteiger partial charge in [0.1, 0.15) is 19.8 Å². The van der Waals surface area contributed by atoms with Gasteiger partial charge in [-0.25, -0.2) is 0 Å². The fraction of sp³-hybridized carbons (Fsp3) is 0.771. The minimum atomic E-state index is -4.64. The lowest BCUT2D eigenvalue weighted by Gasteiger charge is -2.28. The standard InChI is InChI=1S/C70H126NO8P/c1-6-8-10-12-14-16-18-20-22-23-24-25-26-27-28-29-30-31-32-33-34-35-36-37-38-39-40-41-42-43-44-45-46-47-49-51-53-55-57-59-61-63-70(73)79-68(67-78-80(74,75)77-65-64-71(3,4)5)66-76-69(72)62-60-58-56-54-52-50-48-21-19-17-15-13-11-9-7-2/h8,10,14,16,20,22,24-25,27-28,30-31,33-34,68H,6-7,9,11-13,15,17-19,21,23,26,29,32,35-67H2,1-5H3/b10-8-,16-14-,22-20-,25-24-,28-27-,31-30-,34-33-. The van der Waals surface area contributed by atoms with Crippen molar-refractivity contribution in [3.05, 3.63) is 85.1 Å². The molecule has 0 radical (unpaired) electrons. The van der Waals surface area contributed by atoms with Gasteiger partial charge < -0.3 is 27.9 Å². The third-order valence-corrected chi connectivity index (χ3v) is 15.4. The van der Waals surface area contributed by atoms with Crippen molar-refractivity contribution in [2.75, 3.05) is 47.5 Å². The molecular formula is C70H126NO8P. The number of phosphoric acid groups is 1. The predicted molar refractivity (Wildman–Crippen MR) is 342 cm³/mol. The number of phosphoric ester groups is 1. The second kappa shape index (κ2) is 60.8. The molecule has 0 aliphatic carbocycles. The van der Waals surface area contributed by atoms with Crippen LogP contribution in [0.4, 0.5) is 0 Å². The lowest BCUT2D eigenvalue weighted by atomic mass is 10.0. The molecule has 2 unspecified atom stereocenters. The maximum atomic E-state index is 12.8. The number of likely N-dealkylation sites (N-methyl/N-ethyl adjacent to an activating group) is 1. The molecule has 10 heteroatoms. The van der Waals surface area contributed by atoms with Crippen LogP contribution in [-0.2, 0) is 32.7 Å². The van der Waals surface area contributed by atoms with Gasteiger partial charge in [-0.2, -0.15) is 0 Å². The van der Waals surface area contributed by atoms with Crippen molar-refractivity contribution in [3.63, 3.8) is 0 Å². The Bertz CT molecular complexity index is 1630. The van der Waals surface area contributed by atoms with Crippen LogP contribution < -0.4 is 4.89 Å². The lowest BCUT2D eigenvalue weighted by Crippen LogP contribution is -2.37. The number of carbonyl (C=O) groups excluding carboxylic acids is 2. The number of carbonyl (C=O) groups is 2. The van der Waals surface area contributed by atoms with Gasteiger partial charge in [-0.3, -0.25) is 14.2 Å². The molecule has 0 N–H and O–H groups in total. The molecule has 2 atom stereocenters. The van der Waals surface area contributed by atoms with Gasteiger partial charge in [0.2, 0.25) is 0 Å². The van der Waals surface area contributed by atoms with E-state index in [0.29, 0.717) is 17.4 Å². The second-order valence-corrected chi connectivity index (χ2v) is 24.9. The summed E-state index contributed by atoms with van der Waals surface area (Å²) in [5, 5.41) is 0. The monoisotopic (exact) mass is 1140 g/mol. The molecule has 0 aliphatic rings. The van der Waals surface area contributed by atoms with E-state index in [9.17, 15) is 19.0 Å². The normalized spacial score (nSPS) is 13.7. The Balaban J connectivity index is 3.93. The molecule has 0 aromatic rings. The molecule has 464 valence electrons. The Morgan fingerprint density at radius 1 is 0.400 bits per heavy atom. The maximum Gasteiger partial charge on any atom is 0.306 e. The van der Waals surface area contributed by atoms with E-state index in [2.05, 4.69) is 98.9 Å². The van der Waals surface area contributed by atoms with Crippen LogP contribution in [0.15, 0.2) is 85.1 Å². The van der Waals surface area contributed by atoms with Gasteiger partial charge in [0.05, 0.1) is 27.7 Å². The Hall–Kier alpha value is -2.81. The molecule has 9 nitrogen and oxygen atoms in total. The summed E-state index contributed by atoms with van der Waals surface area (Å²) >= 11 is 0. The molecule has 0 saturated carbocycles.